The molecule has 2 heterocycles. The topological polar surface area (TPSA) is 58.8 Å². The highest BCUT2D eigenvalue weighted by Gasteiger charge is 2.15. The molecule has 0 saturated carbocycles. The number of aryl methyl sites for hydroxylation is 2. The normalized spacial score (nSPS) is 11.3. The number of hydrogen-bond acceptors (Lipinski definition) is 3. The fourth-order valence-corrected chi connectivity index (χ4v) is 2.52. The minimum Gasteiger partial charge on any atom is -0.295 e. The van der Waals surface area contributed by atoms with E-state index in [-0.39, 0.29) is 5.91 Å². The Bertz CT molecular complexity index is 914. The molecular weight excluding hydrogens is 312 g/mol. The first-order valence-electron chi connectivity index (χ1n) is 7.09. The first kappa shape index (κ1) is 15.2. The van der Waals surface area contributed by atoms with Crippen molar-refractivity contribution < 1.29 is 4.79 Å². The largest absolute Gasteiger partial charge is 0.295 e. The van der Waals surface area contributed by atoms with Gasteiger partial charge in [-0.15, -0.1) is 0 Å². The van der Waals surface area contributed by atoms with Crippen LogP contribution in [0.2, 0.25) is 5.02 Å². The molecule has 3 rings (SSSR count). The van der Waals surface area contributed by atoms with E-state index in [1.54, 1.807) is 17.4 Å². The van der Waals surface area contributed by atoms with Gasteiger partial charge in [-0.05, 0) is 37.6 Å². The van der Waals surface area contributed by atoms with E-state index in [9.17, 15) is 4.79 Å². The SMILES string of the molecule is Cc1ccn2c(C(=O)N/N=C\c3ccccc3Cl)c(C)nc2c1. The molecule has 0 unspecified atom stereocenters. The molecule has 0 atom stereocenters. The molecule has 1 amide bonds. The van der Waals surface area contributed by atoms with Gasteiger partial charge in [-0.25, -0.2) is 10.4 Å². The summed E-state index contributed by atoms with van der Waals surface area (Å²) in [7, 11) is 0. The molecule has 0 radical (unpaired) electrons. The lowest BCUT2D eigenvalue weighted by Gasteiger charge is -2.02. The summed E-state index contributed by atoms with van der Waals surface area (Å²) in [5.41, 5.74) is 6.21. The van der Waals surface area contributed by atoms with Crippen LogP contribution >= 0.6 is 11.6 Å². The summed E-state index contributed by atoms with van der Waals surface area (Å²) in [6.07, 6.45) is 3.35. The summed E-state index contributed by atoms with van der Waals surface area (Å²) in [6, 6.07) is 11.1. The number of hydrogen-bond donors (Lipinski definition) is 1. The third-order valence-electron chi connectivity index (χ3n) is 3.45. The zero-order chi connectivity index (χ0) is 16.4. The number of rotatable bonds is 3. The number of benzene rings is 1. The number of imidazole rings is 1. The van der Waals surface area contributed by atoms with E-state index in [0.717, 1.165) is 16.8 Å². The van der Waals surface area contributed by atoms with Crippen molar-refractivity contribution in [1.29, 1.82) is 0 Å². The Morgan fingerprint density at radius 2 is 2.09 bits per heavy atom. The molecule has 116 valence electrons. The molecule has 0 saturated heterocycles. The van der Waals surface area contributed by atoms with Gasteiger partial charge in [0.2, 0.25) is 0 Å². The van der Waals surface area contributed by atoms with Gasteiger partial charge in [0.15, 0.2) is 0 Å². The van der Waals surface area contributed by atoms with E-state index in [2.05, 4.69) is 15.5 Å². The Balaban J connectivity index is 1.84. The predicted octanol–water partition coefficient (Wildman–Crippen LogP) is 3.37. The molecule has 23 heavy (non-hydrogen) atoms. The standard InChI is InChI=1S/C17H15ClN4O/c1-11-7-8-22-15(9-11)20-12(2)16(22)17(23)21-19-10-13-5-3-4-6-14(13)18/h3-10H,1-2H3,(H,21,23)/b19-10-. The maximum atomic E-state index is 12.4. The predicted molar refractivity (Wildman–Crippen MR) is 91.2 cm³/mol. The van der Waals surface area contributed by atoms with E-state index in [1.807, 2.05) is 43.5 Å². The lowest BCUT2D eigenvalue weighted by molar-refractivity contribution is 0.0948. The molecule has 0 bridgehead atoms. The number of hydrazone groups is 1. The second-order valence-electron chi connectivity index (χ2n) is 5.20. The Labute approximate surface area is 138 Å². The van der Waals surface area contributed by atoms with Crippen LogP contribution in [0.3, 0.4) is 0 Å². The molecule has 0 aliphatic carbocycles. The van der Waals surface area contributed by atoms with Crippen molar-refractivity contribution in [3.8, 4) is 0 Å². The first-order valence-corrected chi connectivity index (χ1v) is 7.47. The van der Waals surface area contributed by atoms with Crippen molar-refractivity contribution >= 4 is 29.4 Å². The van der Waals surface area contributed by atoms with Crippen molar-refractivity contribution in [2.75, 3.05) is 0 Å². The second kappa shape index (κ2) is 6.22. The minimum absolute atomic E-state index is 0.317. The van der Waals surface area contributed by atoms with Gasteiger partial charge in [0.25, 0.3) is 5.91 Å². The number of nitrogens with zero attached hydrogens (tertiary/aromatic N) is 3. The zero-order valence-electron chi connectivity index (χ0n) is 12.7. The lowest BCUT2D eigenvalue weighted by atomic mass is 10.2. The summed E-state index contributed by atoms with van der Waals surface area (Å²) in [4.78, 5) is 16.8. The van der Waals surface area contributed by atoms with Crippen LogP contribution in [0.15, 0.2) is 47.7 Å². The highest BCUT2D eigenvalue weighted by atomic mass is 35.5. The molecule has 6 heteroatoms. The van der Waals surface area contributed by atoms with Crippen LogP contribution in [0.1, 0.15) is 27.3 Å². The van der Waals surface area contributed by atoms with Gasteiger partial charge in [-0.1, -0.05) is 29.8 Å². The van der Waals surface area contributed by atoms with E-state index in [4.69, 9.17) is 11.6 Å². The molecular formula is C17H15ClN4O. The smallest absolute Gasteiger partial charge is 0.290 e. The molecule has 1 N–H and O–H groups in total. The summed E-state index contributed by atoms with van der Waals surface area (Å²) in [6.45, 7) is 3.78. The van der Waals surface area contributed by atoms with Crippen LogP contribution in [0.5, 0.6) is 0 Å². The summed E-state index contributed by atoms with van der Waals surface area (Å²) in [5.74, 6) is -0.317. The quantitative estimate of drug-likeness (QED) is 0.592. The maximum absolute atomic E-state index is 12.4. The molecule has 0 fully saturated rings. The molecule has 0 aliphatic heterocycles. The van der Waals surface area contributed by atoms with Gasteiger partial charge >= 0.3 is 0 Å². The van der Waals surface area contributed by atoms with Gasteiger partial charge in [0.1, 0.15) is 11.3 Å². The Kier molecular flexibility index (Phi) is 4.12. The second-order valence-corrected chi connectivity index (χ2v) is 5.61. The van der Waals surface area contributed by atoms with Crippen LogP contribution in [-0.4, -0.2) is 21.5 Å². The fourth-order valence-electron chi connectivity index (χ4n) is 2.33. The van der Waals surface area contributed by atoms with E-state index in [0.29, 0.717) is 16.4 Å². The van der Waals surface area contributed by atoms with Gasteiger partial charge in [-0.3, -0.25) is 9.20 Å². The number of amides is 1. The van der Waals surface area contributed by atoms with Crippen molar-refractivity contribution in [2.45, 2.75) is 13.8 Å². The summed E-state index contributed by atoms with van der Waals surface area (Å²) in [5, 5.41) is 4.55. The van der Waals surface area contributed by atoms with Crippen LogP contribution in [-0.2, 0) is 0 Å². The number of fused-ring (bicyclic) bond motifs is 1. The summed E-state index contributed by atoms with van der Waals surface area (Å²) < 4.78 is 1.75. The molecule has 0 aliphatic rings. The third kappa shape index (κ3) is 3.10. The molecule has 5 nitrogen and oxygen atoms in total. The van der Waals surface area contributed by atoms with Crippen molar-refractivity contribution in [2.24, 2.45) is 5.10 Å². The first-order chi connectivity index (χ1) is 11.1. The van der Waals surface area contributed by atoms with Crippen molar-refractivity contribution in [3.05, 3.63) is 70.1 Å². The Morgan fingerprint density at radius 1 is 1.30 bits per heavy atom. The number of carbonyl (C=O) groups is 1. The number of nitrogens with one attached hydrogen (secondary N) is 1. The van der Waals surface area contributed by atoms with Gasteiger partial charge in [-0.2, -0.15) is 5.10 Å². The minimum atomic E-state index is -0.317. The average Bonchev–Trinajstić information content (AvgIpc) is 2.84. The zero-order valence-corrected chi connectivity index (χ0v) is 13.5. The van der Waals surface area contributed by atoms with Crippen LogP contribution in [0.25, 0.3) is 5.65 Å². The van der Waals surface area contributed by atoms with Crippen molar-refractivity contribution in [1.82, 2.24) is 14.8 Å². The number of aromatic nitrogens is 2. The van der Waals surface area contributed by atoms with Gasteiger partial charge < -0.3 is 0 Å². The highest BCUT2D eigenvalue weighted by molar-refractivity contribution is 6.33. The monoisotopic (exact) mass is 326 g/mol. The third-order valence-corrected chi connectivity index (χ3v) is 3.79. The lowest BCUT2D eigenvalue weighted by Crippen LogP contribution is -2.20. The van der Waals surface area contributed by atoms with E-state index in [1.165, 1.54) is 6.21 Å². The average molecular weight is 327 g/mol. The number of halogens is 1. The fraction of sp³-hybridized carbons (Fsp3) is 0.118. The Hall–Kier alpha value is -2.66. The maximum Gasteiger partial charge on any atom is 0.290 e. The number of carbonyl (C=O) groups excluding carboxylic acids is 1. The molecule has 2 aromatic heterocycles. The van der Waals surface area contributed by atoms with Crippen LogP contribution in [0, 0.1) is 13.8 Å². The van der Waals surface area contributed by atoms with E-state index < -0.39 is 0 Å². The van der Waals surface area contributed by atoms with Gasteiger partial charge in [0.05, 0.1) is 11.9 Å². The van der Waals surface area contributed by atoms with Crippen LogP contribution in [0.4, 0.5) is 0 Å². The highest BCUT2D eigenvalue weighted by Crippen LogP contribution is 2.14. The molecule has 0 spiro atoms. The summed E-state index contributed by atoms with van der Waals surface area (Å²) >= 11 is 6.04. The Morgan fingerprint density at radius 3 is 2.87 bits per heavy atom. The molecule has 3 aromatic rings. The van der Waals surface area contributed by atoms with Crippen LogP contribution < -0.4 is 5.43 Å². The van der Waals surface area contributed by atoms with Crippen molar-refractivity contribution in [3.63, 3.8) is 0 Å². The molecule has 1 aromatic carbocycles. The van der Waals surface area contributed by atoms with Gasteiger partial charge in [0, 0.05) is 16.8 Å². The van der Waals surface area contributed by atoms with E-state index >= 15 is 0 Å². The number of pyridine rings is 1.